The van der Waals surface area contributed by atoms with Gasteiger partial charge < -0.3 is 9.73 Å². The number of rotatable bonds is 6. The molecule has 2 aromatic heterocycles. The quantitative estimate of drug-likeness (QED) is 0.130. The first-order valence-electron chi connectivity index (χ1n) is 12.9. The Bertz CT molecular complexity index is 1670. The van der Waals surface area contributed by atoms with E-state index in [1.807, 2.05) is 0 Å². The average molecular weight is 631 g/mol. The molecule has 11 heteroatoms. The highest BCUT2D eigenvalue weighted by molar-refractivity contribution is 7.16. The lowest BCUT2D eigenvalue weighted by Crippen LogP contribution is -2.27. The van der Waals surface area contributed by atoms with Crippen molar-refractivity contribution in [1.29, 1.82) is 0 Å². The highest BCUT2D eigenvalue weighted by Crippen LogP contribution is 2.45. The zero-order valence-corrected chi connectivity index (χ0v) is 25.5. The van der Waals surface area contributed by atoms with Gasteiger partial charge in [0.15, 0.2) is 0 Å². The molecule has 2 heterocycles. The normalized spacial score (nSPS) is 15.2. The number of nitrogens with zero attached hydrogens (tertiary/aromatic N) is 2. The largest absolute Gasteiger partial charge is 0.455 e. The van der Waals surface area contributed by atoms with E-state index in [9.17, 15) is 14.9 Å². The highest BCUT2D eigenvalue weighted by Gasteiger charge is 2.33. The Balaban J connectivity index is 1.47. The number of nitro groups is 1. The topological polar surface area (TPSA) is 97.7 Å². The van der Waals surface area contributed by atoms with Crippen LogP contribution in [-0.2, 0) is 12.8 Å². The number of hydrogen-bond donors (Lipinski definition) is 1. The summed E-state index contributed by atoms with van der Waals surface area (Å²) in [5.41, 5.74) is 2.55. The fourth-order valence-corrected chi connectivity index (χ4v) is 6.80. The Hall–Kier alpha value is -3.17. The molecule has 1 aliphatic carbocycles. The standard InChI is InChI=1S/C30H26Cl3N3O4S/c1-30(2,3)16-4-10-20-26(12-16)41-29(27(20)28(37)35-18-7-5-17(31)6-8-18)34-15-19-9-11-25(40-19)21-13-23(33)24(36(38)39)14-22(21)32/h5-9,11,13-16H,4,10,12H2,1-3H3,(H,35,37)/t16-/m1/s1. The third kappa shape index (κ3) is 6.36. The monoisotopic (exact) mass is 629 g/mol. The van der Waals surface area contributed by atoms with Crippen LogP contribution in [0.25, 0.3) is 11.3 Å². The molecule has 0 saturated heterocycles. The predicted octanol–water partition coefficient (Wildman–Crippen LogP) is 10.0. The van der Waals surface area contributed by atoms with Crippen molar-refractivity contribution in [1.82, 2.24) is 0 Å². The Labute approximate surface area is 256 Å². The number of amides is 1. The molecule has 1 atom stereocenters. The molecule has 0 unspecified atom stereocenters. The molecular weight excluding hydrogens is 605 g/mol. The van der Waals surface area contributed by atoms with Gasteiger partial charge in [-0.3, -0.25) is 14.9 Å². The maximum Gasteiger partial charge on any atom is 0.289 e. The molecule has 7 nitrogen and oxygen atoms in total. The van der Waals surface area contributed by atoms with E-state index in [0.717, 1.165) is 24.8 Å². The van der Waals surface area contributed by atoms with Gasteiger partial charge in [0.1, 0.15) is 21.5 Å². The van der Waals surface area contributed by atoms with Crippen LogP contribution in [0.15, 0.2) is 57.9 Å². The van der Waals surface area contributed by atoms with Crippen LogP contribution in [0, 0.1) is 21.4 Å². The van der Waals surface area contributed by atoms with Crippen molar-refractivity contribution in [2.24, 2.45) is 16.3 Å². The molecule has 0 spiro atoms. The first kappa shape index (κ1) is 29.3. The smallest absolute Gasteiger partial charge is 0.289 e. The van der Waals surface area contributed by atoms with Crippen LogP contribution in [0.3, 0.4) is 0 Å². The van der Waals surface area contributed by atoms with E-state index in [1.165, 1.54) is 28.3 Å². The number of benzene rings is 2. The minimum absolute atomic E-state index is 0.0462. The Morgan fingerprint density at radius 1 is 1.12 bits per heavy atom. The van der Waals surface area contributed by atoms with Crippen molar-refractivity contribution in [2.75, 3.05) is 5.32 Å². The van der Waals surface area contributed by atoms with Gasteiger partial charge in [-0.05, 0) is 78.6 Å². The van der Waals surface area contributed by atoms with Gasteiger partial charge in [-0.15, -0.1) is 11.3 Å². The number of carbonyl (C=O) groups is 1. The zero-order valence-electron chi connectivity index (χ0n) is 22.5. The van der Waals surface area contributed by atoms with Crippen molar-refractivity contribution >= 4 is 74.6 Å². The van der Waals surface area contributed by atoms with E-state index in [0.29, 0.717) is 44.3 Å². The Morgan fingerprint density at radius 2 is 1.85 bits per heavy atom. The molecule has 212 valence electrons. The van der Waals surface area contributed by atoms with Crippen LogP contribution in [0.1, 0.15) is 53.8 Å². The summed E-state index contributed by atoms with van der Waals surface area (Å²) in [6.45, 7) is 6.76. The molecule has 41 heavy (non-hydrogen) atoms. The summed E-state index contributed by atoms with van der Waals surface area (Å²) >= 11 is 19.9. The number of anilines is 1. The van der Waals surface area contributed by atoms with Crippen molar-refractivity contribution in [2.45, 2.75) is 40.0 Å². The minimum Gasteiger partial charge on any atom is -0.455 e. The molecular formula is C30H26Cl3N3O4S. The summed E-state index contributed by atoms with van der Waals surface area (Å²) in [6.07, 6.45) is 4.25. The summed E-state index contributed by atoms with van der Waals surface area (Å²) < 4.78 is 5.93. The van der Waals surface area contributed by atoms with Crippen LogP contribution < -0.4 is 5.32 Å². The third-order valence-electron chi connectivity index (χ3n) is 7.24. The number of thiophene rings is 1. The van der Waals surface area contributed by atoms with E-state index < -0.39 is 4.92 Å². The molecule has 1 aliphatic rings. The van der Waals surface area contributed by atoms with Gasteiger partial charge in [-0.25, -0.2) is 4.99 Å². The van der Waals surface area contributed by atoms with Crippen LogP contribution in [0.2, 0.25) is 15.1 Å². The van der Waals surface area contributed by atoms with E-state index in [2.05, 4.69) is 26.1 Å². The third-order valence-corrected chi connectivity index (χ3v) is 9.26. The van der Waals surface area contributed by atoms with Crippen LogP contribution in [0.4, 0.5) is 16.4 Å². The predicted molar refractivity (Wildman–Crippen MR) is 167 cm³/mol. The van der Waals surface area contributed by atoms with Crippen LogP contribution in [0.5, 0.6) is 0 Å². The number of furan rings is 1. The van der Waals surface area contributed by atoms with E-state index in [1.54, 1.807) is 42.6 Å². The second-order valence-electron chi connectivity index (χ2n) is 11.0. The van der Waals surface area contributed by atoms with E-state index >= 15 is 0 Å². The first-order chi connectivity index (χ1) is 19.4. The number of aliphatic imine (C=N–C) groups is 1. The minimum atomic E-state index is -0.594. The number of carbonyl (C=O) groups excluding carboxylic acids is 1. The fraction of sp³-hybridized carbons (Fsp3) is 0.267. The second-order valence-corrected chi connectivity index (χ2v) is 13.3. The molecule has 4 aromatic rings. The molecule has 1 amide bonds. The van der Waals surface area contributed by atoms with Gasteiger partial charge in [0.25, 0.3) is 11.6 Å². The lowest BCUT2D eigenvalue weighted by molar-refractivity contribution is -0.384. The highest BCUT2D eigenvalue weighted by atomic mass is 35.5. The van der Waals surface area contributed by atoms with Gasteiger partial charge in [0.05, 0.1) is 21.7 Å². The van der Waals surface area contributed by atoms with Crippen molar-refractivity contribution < 1.29 is 14.1 Å². The summed E-state index contributed by atoms with van der Waals surface area (Å²) in [7, 11) is 0. The molecule has 5 rings (SSSR count). The van der Waals surface area contributed by atoms with Gasteiger partial charge in [-0.2, -0.15) is 0 Å². The number of hydrogen-bond acceptors (Lipinski definition) is 6. The number of halogens is 3. The fourth-order valence-electron chi connectivity index (χ4n) is 4.92. The van der Waals surface area contributed by atoms with Crippen molar-refractivity contribution in [3.05, 3.63) is 95.5 Å². The van der Waals surface area contributed by atoms with Crippen LogP contribution >= 0.6 is 46.1 Å². The maximum absolute atomic E-state index is 13.6. The van der Waals surface area contributed by atoms with Gasteiger partial charge in [-0.1, -0.05) is 55.6 Å². The maximum atomic E-state index is 13.6. The molecule has 2 aromatic carbocycles. The van der Waals surface area contributed by atoms with Crippen LogP contribution in [-0.4, -0.2) is 17.0 Å². The van der Waals surface area contributed by atoms with Gasteiger partial charge in [0, 0.05) is 27.2 Å². The lowest BCUT2D eigenvalue weighted by Gasteiger charge is -2.33. The molecule has 0 saturated carbocycles. The molecule has 0 radical (unpaired) electrons. The summed E-state index contributed by atoms with van der Waals surface area (Å²) in [6, 6.07) is 13.0. The van der Waals surface area contributed by atoms with Gasteiger partial charge >= 0.3 is 0 Å². The summed E-state index contributed by atoms with van der Waals surface area (Å²) in [4.78, 5) is 30.0. The lowest BCUT2D eigenvalue weighted by atomic mass is 9.72. The SMILES string of the molecule is CC(C)(C)[C@@H]1CCc2c(sc(N=Cc3ccc(-c4cc(Cl)c([N+](=O)[O-])cc4Cl)o3)c2C(=O)Nc2ccc(Cl)cc2)C1. The zero-order chi connectivity index (χ0) is 29.5. The molecule has 0 bridgehead atoms. The molecule has 0 aliphatic heterocycles. The number of fused-ring (bicyclic) bond motifs is 1. The van der Waals surface area contributed by atoms with Crippen molar-refractivity contribution in [3.63, 3.8) is 0 Å². The summed E-state index contributed by atoms with van der Waals surface area (Å²) in [5.74, 6) is 1.09. The number of nitro benzene ring substituents is 1. The van der Waals surface area contributed by atoms with Crippen molar-refractivity contribution in [3.8, 4) is 11.3 Å². The Kier molecular flexibility index (Phi) is 8.30. The first-order valence-corrected chi connectivity index (χ1v) is 14.8. The van der Waals surface area contributed by atoms with E-state index in [-0.39, 0.29) is 27.1 Å². The Morgan fingerprint density at radius 3 is 2.54 bits per heavy atom. The number of nitrogens with one attached hydrogen (secondary N) is 1. The second kappa shape index (κ2) is 11.6. The average Bonchev–Trinajstić information content (AvgIpc) is 3.53. The molecule has 0 fully saturated rings. The molecule has 1 N–H and O–H groups in total. The summed E-state index contributed by atoms with van der Waals surface area (Å²) in [5, 5.41) is 15.4. The van der Waals surface area contributed by atoms with E-state index in [4.69, 9.17) is 44.2 Å². The van der Waals surface area contributed by atoms with Gasteiger partial charge in [0.2, 0.25) is 0 Å².